The number of rotatable bonds is 6. The van der Waals surface area contributed by atoms with Crippen LogP contribution in [0, 0.1) is 19.7 Å². The zero-order valence-corrected chi connectivity index (χ0v) is 23.9. The van der Waals surface area contributed by atoms with Crippen molar-refractivity contribution in [2.24, 2.45) is 7.05 Å². The van der Waals surface area contributed by atoms with Gasteiger partial charge in [0.1, 0.15) is 5.82 Å². The third kappa shape index (κ3) is 4.74. The van der Waals surface area contributed by atoms with Gasteiger partial charge in [0.15, 0.2) is 5.82 Å². The molecule has 0 unspecified atom stereocenters. The maximum absolute atomic E-state index is 13.7. The minimum atomic E-state index is -0.284. The number of halogens is 1. The second-order valence-electron chi connectivity index (χ2n) is 10.7. The number of carbonyl (C=O) groups is 1. The number of amides is 1. The quantitative estimate of drug-likeness (QED) is 0.207. The van der Waals surface area contributed by atoms with Gasteiger partial charge < -0.3 is 15.2 Å². The smallest absolute Gasteiger partial charge is 0.259 e. The summed E-state index contributed by atoms with van der Waals surface area (Å²) in [6.45, 7) is 4.39. The predicted molar refractivity (Wildman–Crippen MR) is 168 cm³/mol. The molecule has 0 fully saturated rings. The molecular formula is C34H28FN7O. The van der Waals surface area contributed by atoms with Crippen molar-refractivity contribution in [3.05, 3.63) is 118 Å². The number of benzene rings is 3. The highest BCUT2D eigenvalue weighted by atomic mass is 19.1. The number of anilines is 3. The topological polar surface area (TPSA) is 91.7 Å². The Hall–Kier alpha value is -5.57. The van der Waals surface area contributed by atoms with Gasteiger partial charge in [0.2, 0.25) is 5.95 Å². The standard InChI is InChI=1S/C34H28FN7O/c1-20-17-37-34(38-30-15-21(2)41(3)40-30)39-31(20)27-18-36-32-25(27)10-6-12-29(32)42-19-28-23(8-5-11-26(28)33(42)43)14-13-22-7-4-9-24(35)16-22/h4-18,36H,19H2,1-3H3,(H,37,38,39,40)/b14-13+. The lowest BCUT2D eigenvalue weighted by Crippen LogP contribution is -2.23. The van der Waals surface area contributed by atoms with Gasteiger partial charge in [-0.15, -0.1) is 0 Å². The largest absolute Gasteiger partial charge is 0.359 e. The summed E-state index contributed by atoms with van der Waals surface area (Å²) in [7, 11) is 1.89. The highest BCUT2D eigenvalue weighted by molar-refractivity contribution is 6.15. The normalized spacial score (nSPS) is 12.9. The van der Waals surface area contributed by atoms with Crippen molar-refractivity contribution < 1.29 is 9.18 Å². The van der Waals surface area contributed by atoms with E-state index in [1.165, 1.54) is 12.1 Å². The van der Waals surface area contributed by atoms with E-state index in [9.17, 15) is 9.18 Å². The van der Waals surface area contributed by atoms with Crippen molar-refractivity contribution in [1.29, 1.82) is 0 Å². The number of para-hydroxylation sites is 1. The van der Waals surface area contributed by atoms with E-state index >= 15 is 0 Å². The Morgan fingerprint density at radius 2 is 1.84 bits per heavy atom. The Bertz CT molecular complexity index is 2050. The fourth-order valence-electron chi connectivity index (χ4n) is 5.57. The van der Waals surface area contributed by atoms with Crippen molar-refractivity contribution in [2.45, 2.75) is 20.4 Å². The van der Waals surface area contributed by atoms with Gasteiger partial charge in [-0.3, -0.25) is 9.48 Å². The molecule has 0 atom stereocenters. The molecule has 4 heterocycles. The predicted octanol–water partition coefficient (Wildman–Crippen LogP) is 7.19. The number of aromatic amines is 1. The molecular weight excluding hydrogens is 541 g/mol. The van der Waals surface area contributed by atoms with Crippen LogP contribution in [0.3, 0.4) is 0 Å². The molecule has 0 bridgehead atoms. The number of H-pyrrole nitrogens is 1. The van der Waals surface area contributed by atoms with Crippen molar-refractivity contribution in [3.63, 3.8) is 0 Å². The summed E-state index contributed by atoms with van der Waals surface area (Å²) in [6, 6.07) is 20.0. The molecule has 3 aromatic heterocycles. The molecule has 3 aromatic carbocycles. The Balaban J connectivity index is 1.22. The Morgan fingerprint density at radius 3 is 2.65 bits per heavy atom. The van der Waals surface area contributed by atoms with Gasteiger partial charge in [-0.1, -0.05) is 48.6 Å². The van der Waals surface area contributed by atoms with Gasteiger partial charge in [-0.25, -0.2) is 14.4 Å². The SMILES string of the molecule is Cc1cnc(Nc2cc(C)n(C)n2)nc1-c1c[nH]c2c(N3Cc4c(/C=C/c5cccc(F)c5)cccc4C3=O)cccc12. The minimum absolute atomic E-state index is 0.0602. The monoisotopic (exact) mass is 569 g/mol. The summed E-state index contributed by atoms with van der Waals surface area (Å²) in [4.78, 5) is 28.2. The van der Waals surface area contributed by atoms with Gasteiger partial charge in [-0.05, 0) is 60.4 Å². The lowest BCUT2D eigenvalue weighted by molar-refractivity contribution is 0.0997. The van der Waals surface area contributed by atoms with E-state index in [-0.39, 0.29) is 11.7 Å². The summed E-state index contributed by atoms with van der Waals surface area (Å²) in [5.41, 5.74) is 8.58. The fraction of sp³-hybridized carbons (Fsp3) is 0.118. The summed E-state index contributed by atoms with van der Waals surface area (Å²) in [6.07, 6.45) is 7.53. The van der Waals surface area contributed by atoms with Crippen LogP contribution in [0.5, 0.6) is 0 Å². The maximum Gasteiger partial charge on any atom is 0.259 e. The van der Waals surface area contributed by atoms with Crippen LogP contribution in [-0.2, 0) is 13.6 Å². The van der Waals surface area contributed by atoms with Crippen LogP contribution in [-0.4, -0.2) is 30.6 Å². The average molecular weight is 570 g/mol. The molecule has 1 aliphatic rings. The molecule has 2 N–H and O–H groups in total. The van der Waals surface area contributed by atoms with E-state index < -0.39 is 0 Å². The average Bonchev–Trinajstić information content (AvgIpc) is 3.68. The van der Waals surface area contributed by atoms with Crippen LogP contribution in [0.1, 0.15) is 38.3 Å². The molecule has 1 aliphatic heterocycles. The molecule has 8 nitrogen and oxygen atoms in total. The second kappa shape index (κ2) is 10.4. The summed E-state index contributed by atoms with van der Waals surface area (Å²) < 4.78 is 15.5. The summed E-state index contributed by atoms with van der Waals surface area (Å²) in [5.74, 6) is 0.782. The van der Waals surface area contributed by atoms with Gasteiger partial charge in [0.05, 0.1) is 23.4 Å². The third-order valence-electron chi connectivity index (χ3n) is 7.87. The molecule has 212 valence electrons. The number of nitrogens with zero attached hydrogens (tertiary/aromatic N) is 5. The highest BCUT2D eigenvalue weighted by Crippen LogP contribution is 2.38. The lowest BCUT2D eigenvalue weighted by atomic mass is 10.0. The first-order valence-electron chi connectivity index (χ1n) is 13.9. The van der Waals surface area contributed by atoms with Crippen molar-refractivity contribution in [3.8, 4) is 11.3 Å². The zero-order chi connectivity index (χ0) is 29.7. The van der Waals surface area contributed by atoms with Gasteiger partial charge >= 0.3 is 0 Å². The second-order valence-corrected chi connectivity index (χ2v) is 10.7. The van der Waals surface area contributed by atoms with Gasteiger partial charge in [0.25, 0.3) is 5.91 Å². The van der Waals surface area contributed by atoms with Crippen LogP contribution in [0.4, 0.5) is 21.8 Å². The Kier molecular flexibility index (Phi) is 6.35. The Labute approximate surface area is 247 Å². The van der Waals surface area contributed by atoms with E-state index in [4.69, 9.17) is 4.98 Å². The van der Waals surface area contributed by atoms with Crippen molar-refractivity contribution >= 4 is 46.4 Å². The van der Waals surface area contributed by atoms with Gasteiger partial charge in [-0.2, -0.15) is 5.10 Å². The van der Waals surface area contributed by atoms with E-state index in [2.05, 4.69) is 20.4 Å². The fourth-order valence-corrected chi connectivity index (χ4v) is 5.57. The van der Waals surface area contributed by atoms with Gasteiger partial charge in [0, 0.05) is 47.7 Å². The maximum atomic E-state index is 13.7. The molecule has 0 aliphatic carbocycles. The molecule has 7 rings (SSSR count). The molecule has 0 spiro atoms. The summed E-state index contributed by atoms with van der Waals surface area (Å²) in [5, 5.41) is 8.60. The first-order valence-corrected chi connectivity index (χ1v) is 13.9. The van der Waals surface area contributed by atoms with E-state index in [1.807, 2.05) is 87.8 Å². The van der Waals surface area contributed by atoms with E-state index in [1.54, 1.807) is 21.8 Å². The minimum Gasteiger partial charge on any atom is -0.359 e. The summed E-state index contributed by atoms with van der Waals surface area (Å²) >= 11 is 0. The molecule has 43 heavy (non-hydrogen) atoms. The number of aromatic nitrogens is 5. The van der Waals surface area contributed by atoms with Crippen LogP contribution < -0.4 is 10.2 Å². The molecule has 9 heteroatoms. The van der Waals surface area contributed by atoms with Crippen LogP contribution in [0.2, 0.25) is 0 Å². The molecule has 0 saturated carbocycles. The number of nitrogens with one attached hydrogen (secondary N) is 2. The first kappa shape index (κ1) is 26.3. The number of hydrogen-bond donors (Lipinski definition) is 2. The first-order chi connectivity index (χ1) is 20.9. The van der Waals surface area contributed by atoms with Crippen LogP contribution in [0.15, 0.2) is 79.1 Å². The number of hydrogen-bond acceptors (Lipinski definition) is 5. The molecule has 0 saturated heterocycles. The zero-order valence-electron chi connectivity index (χ0n) is 23.9. The highest BCUT2D eigenvalue weighted by Gasteiger charge is 2.31. The van der Waals surface area contributed by atoms with E-state index in [0.29, 0.717) is 23.9 Å². The molecule has 1 amide bonds. The van der Waals surface area contributed by atoms with Crippen LogP contribution >= 0.6 is 0 Å². The van der Waals surface area contributed by atoms with E-state index in [0.717, 1.165) is 55.8 Å². The number of aryl methyl sites for hydroxylation is 3. The van der Waals surface area contributed by atoms with Crippen LogP contribution in [0.25, 0.3) is 34.3 Å². The number of carbonyl (C=O) groups excluding carboxylic acids is 1. The Morgan fingerprint density at radius 1 is 1.00 bits per heavy atom. The lowest BCUT2D eigenvalue weighted by Gasteiger charge is -2.17. The van der Waals surface area contributed by atoms with Crippen molar-refractivity contribution in [1.82, 2.24) is 24.7 Å². The molecule has 0 radical (unpaired) electrons. The van der Waals surface area contributed by atoms with Crippen molar-refractivity contribution in [2.75, 3.05) is 10.2 Å². The molecule has 6 aromatic rings. The third-order valence-corrected chi connectivity index (χ3v) is 7.87. The number of fused-ring (bicyclic) bond motifs is 2.